The molecule has 0 aliphatic heterocycles. The standard InChI is InChI=1S/C5H14N6S2.HI/c6-4(10-8)12-2-1-3-13-5(7)11-9;/h1-3,8-9H2,(H2,6,10)(H2,7,11);1H. The zero-order chi connectivity index (χ0) is 10.1. The van der Waals surface area contributed by atoms with Gasteiger partial charge in [0.2, 0.25) is 0 Å². The minimum atomic E-state index is 0. The summed E-state index contributed by atoms with van der Waals surface area (Å²) in [5.74, 6) is 11.6. The molecule has 14 heavy (non-hydrogen) atoms. The van der Waals surface area contributed by atoms with E-state index < -0.39 is 0 Å². The third-order valence-corrected chi connectivity index (χ3v) is 2.83. The largest absolute Gasteiger partial charge is 0.377 e. The van der Waals surface area contributed by atoms with Crippen LogP contribution < -0.4 is 23.2 Å². The van der Waals surface area contributed by atoms with Gasteiger partial charge >= 0.3 is 0 Å². The van der Waals surface area contributed by atoms with Crippen molar-refractivity contribution in [3.63, 3.8) is 0 Å². The highest BCUT2D eigenvalue weighted by Crippen LogP contribution is 2.07. The maximum Gasteiger partial charge on any atom is 0.177 e. The molecular formula is C5H15IN6S2. The molecule has 0 saturated heterocycles. The Balaban J connectivity index is 0. The van der Waals surface area contributed by atoms with Crippen LogP contribution in [0.3, 0.4) is 0 Å². The van der Waals surface area contributed by atoms with E-state index in [0.29, 0.717) is 10.3 Å². The molecular weight excluding hydrogens is 335 g/mol. The predicted molar refractivity (Wildman–Crippen MR) is 76.6 cm³/mol. The highest BCUT2D eigenvalue weighted by Gasteiger charge is 1.95. The van der Waals surface area contributed by atoms with Gasteiger partial charge in [0, 0.05) is 11.5 Å². The van der Waals surface area contributed by atoms with Crippen molar-refractivity contribution in [3.05, 3.63) is 0 Å². The fraction of sp³-hybridized carbons (Fsp3) is 0.600. The fourth-order valence-electron chi connectivity index (χ4n) is 0.487. The Bertz CT molecular complexity index is 177. The summed E-state index contributed by atoms with van der Waals surface area (Å²) in [6, 6.07) is 0. The maximum absolute atomic E-state index is 5.35. The first-order valence-electron chi connectivity index (χ1n) is 3.53. The number of rotatable bonds is 4. The van der Waals surface area contributed by atoms with E-state index in [-0.39, 0.29) is 24.0 Å². The molecule has 84 valence electrons. The molecule has 0 atom stereocenters. The van der Waals surface area contributed by atoms with Crippen molar-refractivity contribution in [2.24, 2.45) is 33.4 Å². The van der Waals surface area contributed by atoms with Gasteiger partial charge < -0.3 is 23.2 Å². The van der Waals surface area contributed by atoms with Gasteiger partial charge in [-0.25, -0.2) is 0 Å². The van der Waals surface area contributed by atoms with Crippen LogP contribution in [-0.4, -0.2) is 21.8 Å². The molecule has 0 aliphatic carbocycles. The first-order valence-corrected chi connectivity index (χ1v) is 5.50. The van der Waals surface area contributed by atoms with Gasteiger partial charge in [-0.2, -0.15) is 10.2 Å². The number of hydrogen-bond donors (Lipinski definition) is 4. The van der Waals surface area contributed by atoms with Crippen molar-refractivity contribution in [1.29, 1.82) is 0 Å². The fourth-order valence-corrected chi connectivity index (χ4v) is 1.81. The molecule has 0 fully saturated rings. The summed E-state index contributed by atoms with van der Waals surface area (Å²) in [6.07, 6.45) is 0.946. The van der Waals surface area contributed by atoms with Crippen molar-refractivity contribution in [1.82, 2.24) is 0 Å². The molecule has 0 radical (unpaired) electrons. The van der Waals surface area contributed by atoms with Crippen LogP contribution in [0.15, 0.2) is 10.2 Å². The monoisotopic (exact) mass is 350 g/mol. The topological polar surface area (TPSA) is 129 Å². The summed E-state index contributed by atoms with van der Waals surface area (Å²) in [7, 11) is 0. The Hall–Kier alpha value is -0.0300. The molecule has 0 saturated carbocycles. The van der Waals surface area contributed by atoms with E-state index in [0.717, 1.165) is 17.9 Å². The second kappa shape index (κ2) is 11.0. The van der Waals surface area contributed by atoms with Gasteiger partial charge in [-0.15, -0.1) is 24.0 Å². The number of nitrogens with two attached hydrogens (primary N) is 4. The Morgan fingerprint density at radius 1 is 0.929 bits per heavy atom. The Labute approximate surface area is 109 Å². The average molecular weight is 350 g/mol. The van der Waals surface area contributed by atoms with Crippen LogP contribution in [0.2, 0.25) is 0 Å². The molecule has 0 unspecified atom stereocenters. The molecule has 0 aliphatic rings. The lowest BCUT2D eigenvalue weighted by molar-refractivity contribution is 1.13. The number of amidine groups is 2. The third-order valence-electron chi connectivity index (χ3n) is 1.04. The lowest BCUT2D eigenvalue weighted by atomic mass is 10.6. The van der Waals surface area contributed by atoms with Crippen LogP contribution in [-0.2, 0) is 0 Å². The summed E-state index contributed by atoms with van der Waals surface area (Å²) in [6.45, 7) is 0. The van der Waals surface area contributed by atoms with Crippen molar-refractivity contribution in [3.8, 4) is 0 Å². The number of thioether (sulfide) groups is 2. The van der Waals surface area contributed by atoms with E-state index in [1.807, 2.05) is 0 Å². The summed E-state index contributed by atoms with van der Waals surface area (Å²) < 4.78 is 0. The molecule has 0 rings (SSSR count). The van der Waals surface area contributed by atoms with Crippen molar-refractivity contribution < 1.29 is 0 Å². The summed E-state index contributed by atoms with van der Waals surface area (Å²) in [5, 5.41) is 7.43. The first-order chi connectivity index (χ1) is 6.20. The van der Waals surface area contributed by atoms with E-state index in [2.05, 4.69) is 10.2 Å². The number of halogens is 1. The Morgan fingerprint density at radius 3 is 1.57 bits per heavy atom. The normalized spacial score (nSPS) is 12.3. The number of hydrazone groups is 2. The second-order valence-corrected chi connectivity index (χ2v) is 4.22. The van der Waals surface area contributed by atoms with Gasteiger partial charge in [0.25, 0.3) is 0 Å². The van der Waals surface area contributed by atoms with Gasteiger partial charge in [-0.1, -0.05) is 23.5 Å². The van der Waals surface area contributed by atoms with E-state index in [4.69, 9.17) is 23.2 Å². The summed E-state index contributed by atoms with van der Waals surface area (Å²) in [5.41, 5.74) is 10.7. The van der Waals surface area contributed by atoms with E-state index in [1.165, 1.54) is 23.5 Å². The van der Waals surface area contributed by atoms with Crippen molar-refractivity contribution in [2.75, 3.05) is 11.5 Å². The van der Waals surface area contributed by atoms with Crippen LogP contribution in [0.1, 0.15) is 6.42 Å². The zero-order valence-corrected chi connectivity index (χ0v) is 11.5. The smallest absolute Gasteiger partial charge is 0.177 e. The number of nitrogens with zero attached hydrogens (tertiary/aromatic N) is 2. The molecule has 6 nitrogen and oxygen atoms in total. The SMILES string of the molecule is I.N/N=C(\N)SCCCS/C(N)=N/N. The summed E-state index contributed by atoms with van der Waals surface area (Å²) >= 11 is 2.83. The minimum Gasteiger partial charge on any atom is -0.377 e. The molecule has 0 heterocycles. The second-order valence-electron chi connectivity index (χ2n) is 1.99. The van der Waals surface area contributed by atoms with E-state index in [1.54, 1.807) is 0 Å². The quantitative estimate of drug-likeness (QED) is 0.139. The highest BCUT2D eigenvalue weighted by atomic mass is 127. The Kier molecular flexibility index (Phi) is 12.9. The zero-order valence-electron chi connectivity index (χ0n) is 7.55. The van der Waals surface area contributed by atoms with Crippen molar-refractivity contribution in [2.45, 2.75) is 6.42 Å². The minimum absolute atomic E-state index is 0. The van der Waals surface area contributed by atoms with Crippen LogP contribution in [0, 0.1) is 0 Å². The van der Waals surface area contributed by atoms with Gasteiger partial charge in [0.15, 0.2) is 10.3 Å². The predicted octanol–water partition coefficient (Wildman–Crippen LogP) is -0.162. The molecule has 0 aromatic rings. The highest BCUT2D eigenvalue weighted by molar-refractivity contribution is 14.0. The molecule has 0 amide bonds. The lowest BCUT2D eigenvalue weighted by Gasteiger charge is -1.99. The molecule has 0 bridgehead atoms. The van der Waals surface area contributed by atoms with Crippen molar-refractivity contribution >= 4 is 57.8 Å². The molecule has 0 spiro atoms. The lowest BCUT2D eigenvalue weighted by Crippen LogP contribution is -2.11. The van der Waals surface area contributed by atoms with E-state index in [9.17, 15) is 0 Å². The molecule has 8 N–H and O–H groups in total. The van der Waals surface area contributed by atoms with E-state index >= 15 is 0 Å². The maximum atomic E-state index is 5.35. The Morgan fingerprint density at radius 2 is 1.29 bits per heavy atom. The van der Waals surface area contributed by atoms with Crippen LogP contribution in [0.25, 0.3) is 0 Å². The van der Waals surface area contributed by atoms with Gasteiger partial charge in [0.1, 0.15) is 0 Å². The number of hydrogen-bond acceptors (Lipinski definition) is 6. The van der Waals surface area contributed by atoms with Gasteiger partial charge in [0.05, 0.1) is 0 Å². The summed E-state index contributed by atoms with van der Waals surface area (Å²) in [4.78, 5) is 0. The third kappa shape index (κ3) is 10.1. The van der Waals surface area contributed by atoms with Crippen LogP contribution in [0.5, 0.6) is 0 Å². The molecule has 9 heteroatoms. The van der Waals surface area contributed by atoms with Crippen LogP contribution in [0.4, 0.5) is 0 Å². The van der Waals surface area contributed by atoms with Gasteiger partial charge in [-0.3, -0.25) is 0 Å². The molecule has 0 aromatic heterocycles. The molecule has 0 aromatic carbocycles. The van der Waals surface area contributed by atoms with Gasteiger partial charge in [-0.05, 0) is 6.42 Å². The van der Waals surface area contributed by atoms with Crippen LogP contribution >= 0.6 is 47.5 Å². The average Bonchev–Trinajstić information content (AvgIpc) is 2.16. The first kappa shape index (κ1) is 16.4.